The van der Waals surface area contributed by atoms with Crippen LogP contribution in [0.4, 0.5) is 0 Å². The number of rotatable bonds is 5. The van der Waals surface area contributed by atoms with Gasteiger partial charge < -0.3 is 5.32 Å². The van der Waals surface area contributed by atoms with Gasteiger partial charge in [0.1, 0.15) is 0 Å². The molecule has 0 radical (unpaired) electrons. The van der Waals surface area contributed by atoms with Crippen LogP contribution in [0.2, 0.25) is 0 Å². The number of hydrogen-bond donors (Lipinski definition) is 1. The van der Waals surface area contributed by atoms with Gasteiger partial charge in [-0.25, -0.2) is 0 Å². The Morgan fingerprint density at radius 1 is 1.62 bits per heavy atom. The predicted octanol–water partition coefficient (Wildman–Crippen LogP) is 1.80. The lowest BCUT2D eigenvalue weighted by atomic mass is 10.1. The highest BCUT2D eigenvalue weighted by molar-refractivity contribution is 6.18. The molecule has 1 aromatic heterocycles. The highest BCUT2D eigenvalue weighted by Gasteiger charge is 2.15. The van der Waals surface area contributed by atoms with Gasteiger partial charge in [0.25, 0.3) is 5.91 Å². The van der Waals surface area contributed by atoms with Crippen LogP contribution in [-0.2, 0) is 7.05 Å². The molecule has 1 atom stereocenters. The van der Waals surface area contributed by atoms with Gasteiger partial charge in [-0.05, 0) is 12.3 Å². The molecular formula is C11H18ClN3O. The van der Waals surface area contributed by atoms with Crippen LogP contribution in [0.1, 0.15) is 30.6 Å². The molecule has 1 rings (SSSR count). The van der Waals surface area contributed by atoms with Gasteiger partial charge in [-0.1, -0.05) is 13.8 Å². The van der Waals surface area contributed by atoms with Gasteiger partial charge in [-0.3, -0.25) is 9.48 Å². The van der Waals surface area contributed by atoms with E-state index in [4.69, 9.17) is 11.6 Å². The number of nitrogens with one attached hydrogen (secondary N) is 1. The zero-order valence-electron chi connectivity index (χ0n) is 9.90. The smallest absolute Gasteiger partial charge is 0.254 e. The first kappa shape index (κ1) is 13.0. The van der Waals surface area contributed by atoms with E-state index >= 15 is 0 Å². The van der Waals surface area contributed by atoms with E-state index in [0.29, 0.717) is 17.4 Å². The predicted molar refractivity (Wildman–Crippen MR) is 64.6 cm³/mol. The summed E-state index contributed by atoms with van der Waals surface area (Å²) in [6.07, 6.45) is 4.13. The van der Waals surface area contributed by atoms with Crippen molar-refractivity contribution in [2.45, 2.75) is 26.3 Å². The van der Waals surface area contributed by atoms with Gasteiger partial charge in [0.15, 0.2) is 0 Å². The lowest BCUT2D eigenvalue weighted by Crippen LogP contribution is -2.37. The molecule has 0 saturated carbocycles. The van der Waals surface area contributed by atoms with Gasteiger partial charge in [-0.15, -0.1) is 11.6 Å². The molecule has 5 heteroatoms. The van der Waals surface area contributed by atoms with Gasteiger partial charge in [-0.2, -0.15) is 5.10 Å². The lowest BCUT2D eigenvalue weighted by molar-refractivity contribution is 0.0936. The third kappa shape index (κ3) is 3.85. The van der Waals surface area contributed by atoms with Crippen LogP contribution in [0.3, 0.4) is 0 Å². The average molecular weight is 244 g/mol. The van der Waals surface area contributed by atoms with Crippen molar-refractivity contribution in [3.05, 3.63) is 18.0 Å². The van der Waals surface area contributed by atoms with E-state index in [1.807, 2.05) is 0 Å². The second-order valence-electron chi connectivity index (χ2n) is 4.36. The maximum atomic E-state index is 11.8. The fourth-order valence-corrected chi connectivity index (χ4v) is 1.74. The van der Waals surface area contributed by atoms with Crippen LogP contribution >= 0.6 is 11.6 Å². The zero-order chi connectivity index (χ0) is 12.1. The number of carbonyl (C=O) groups excluding carboxylic acids is 1. The third-order valence-corrected chi connectivity index (χ3v) is 2.62. The quantitative estimate of drug-likeness (QED) is 0.802. The van der Waals surface area contributed by atoms with Crippen LogP contribution in [-0.4, -0.2) is 27.6 Å². The maximum absolute atomic E-state index is 11.8. The number of nitrogens with zero attached hydrogens (tertiary/aromatic N) is 2. The molecule has 0 aromatic carbocycles. The molecule has 1 heterocycles. The Hall–Kier alpha value is -1.03. The number of amides is 1. The van der Waals surface area contributed by atoms with Gasteiger partial charge >= 0.3 is 0 Å². The number of hydrogen-bond acceptors (Lipinski definition) is 2. The first-order chi connectivity index (χ1) is 7.52. The molecule has 1 unspecified atom stereocenters. The summed E-state index contributed by atoms with van der Waals surface area (Å²) in [5, 5.41) is 6.86. The highest BCUT2D eigenvalue weighted by atomic mass is 35.5. The molecule has 0 aliphatic heterocycles. The Balaban J connectivity index is 2.55. The summed E-state index contributed by atoms with van der Waals surface area (Å²) in [7, 11) is 1.78. The SMILES string of the molecule is CC(C)CC(CCl)NC(=O)c1cnn(C)c1. The monoisotopic (exact) mass is 243 g/mol. The van der Waals surface area contributed by atoms with E-state index in [9.17, 15) is 4.79 Å². The van der Waals surface area contributed by atoms with Gasteiger partial charge in [0.2, 0.25) is 0 Å². The molecular weight excluding hydrogens is 226 g/mol. The van der Waals surface area contributed by atoms with Gasteiger partial charge in [0.05, 0.1) is 11.8 Å². The normalized spacial score (nSPS) is 12.8. The Labute approximate surface area is 101 Å². The first-order valence-corrected chi connectivity index (χ1v) is 5.91. The number of alkyl halides is 1. The molecule has 90 valence electrons. The minimum atomic E-state index is -0.112. The molecule has 0 aliphatic rings. The average Bonchev–Trinajstić information content (AvgIpc) is 2.63. The highest BCUT2D eigenvalue weighted by Crippen LogP contribution is 2.07. The summed E-state index contributed by atoms with van der Waals surface area (Å²) in [6, 6.07) is 0.0226. The zero-order valence-corrected chi connectivity index (χ0v) is 10.7. The van der Waals surface area contributed by atoms with Gasteiger partial charge in [0, 0.05) is 25.2 Å². The Bertz CT molecular complexity index is 349. The first-order valence-electron chi connectivity index (χ1n) is 5.38. The van der Waals surface area contributed by atoms with E-state index in [-0.39, 0.29) is 11.9 Å². The van der Waals surface area contributed by atoms with Crippen LogP contribution in [0.15, 0.2) is 12.4 Å². The molecule has 4 nitrogen and oxygen atoms in total. The summed E-state index contributed by atoms with van der Waals surface area (Å²) < 4.78 is 1.60. The molecule has 0 saturated heterocycles. The maximum Gasteiger partial charge on any atom is 0.254 e. The van der Waals surface area contributed by atoms with Crippen molar-refractivity contribution in [1.82, 2.24) is 15.1 Å². The second kappa shape index (κ2) is 5.89. The molecule has 1 aromatic rings. The molecule has 0 spiro atoms. The lowest BCUT2D eigenvalue weighted by Gasteiger charge is -2.17. The van der Waals surface area contributed by atoms with E-state index in [1.165, 1.54) is 0 Å². The summed E-state index contributed by atoms with van der Waals surface area (Å²) in [5.74, 6) is 0.835. The summed E-state index contributed by atoms with van der Waals surface area (Å²) in [4.78, 5) is 11.8. The molecule has 1 amide bonds. The van der Waals surface area contributed by atoms with Crippen molar-refractivity contribution >= 4 is 17.5 Å². The summed E-state index contributed by atoms with van der Waals surface area (Å²) in [6.45, 7) is 4.21. The Kier molecular flexibility index (Phi) is 4.80. The van der Waals surface area contributed by atoms with E-state index < -0.39 is 0 Å². The number of halogens is 1. The van der Waals surface area contributed by atoms with Crippen LogP contribution in [0.25, 0.3) is 0 Å². The molecule has 16 heavy (non-hydrogen) atoms. The van der Waals surface area contributed by atoms with Crippen molar-refractivity contribution in [3.8, 4) is 0 Å². The third-order valence-electron chi connectivity index (χ3n) is 2.24. The van der Waals surface area contributed by atoms with Crippen LogP contribution in [0, 0.1) is 5.92 Å². The fourth-order valence-electron chi connectivity index (χ4n) is 1.54. The van der Waals surface area contributed by atoms with Crippen molar-refractivity contribution in [1.29, 1.82) is 0 Å². The van der Waals surface area contributed by atoms with Crippen molar-refractivity contribution in [2.75, 3.05) is 5.88 Å². The molecule has 1 N–H and O–H groups in total. The molecule has 0 fully saturated rings. The van der Waals surface area contributed by atoms with Crippen molar-refractivity contribution < 1.29 is 4.79 Å². The minimum Gasteiger partial charge on any atom is -0.348 e. The van der Waals surface area contributed by atoms with Crippen molar-refractivity contribution in [2.24, 2.45) is 13.0 Å². The largest absolute Gasteiger partial charge is 0.348 e. The minimum absolute atomic E-state index is 0.0226. The Morgan fingerprint density at radius 3 is 2.75 bits per heavy atom. The topological polar surface area (TPSA) is 46.9 Å². The van der Waals surface area contributed by atoms with E-state index in [0.717, 1.165) is 6.42 Å². The van der Waals surface area contributed by atoms with Crippen LogP contribution in [0.5, 0.6) is 0 Å². The standard InChI is InChI=1S/C11H18ClN3O/c1-8(2)4-10(5-12)14-11(16)9-6-13-15(3)7-9/h6-8,10H,4-5H2,1-3H3,(H,14,16). The van der Waals surface area contributed by atoms with E-state index in [2.05, 4.69) is 24.3 Å². The Morgan fingerprint density at radius 2 is 2.31 bits per heavy atom. The van der Waals surface area contributed by atoms with E-state index in [1.54, 1.807) is 24.1 Å². The second-order valence-corrected chi connectivity index (χ2v) is 4.67. The number of carbonyl (C=O) groups is 1. The van der Waals surface area contributed by atoms with Crippen LogP contribution < -0.4 is 5.32 Å². The number of aromatic nitrogens is 2. The fraction of sp³-hybridized carbons (Fsp3) is 0.636. The van der Waals surface area contributed by atoms with Crippen molar-refractivity contribution in [3.63, 3.8) is 0 Å². The molecule has 0 aliphatic carbocycles. The summed E-state index contributed by atoms with van der Waals surface area (Å²) >= 11 is 5.81. The number of aryl methyl sites for hydroxylation is 1. The molecule has 0 bridgehead atoms. The summed E-state index contributed by atoms with van der Waals surface area (Å²) in [5.41, 5.74) is 0.571.